The molecule has 1 N–H and O–H groups in total. The van der Waals surface area contributed by atoms with Crippen molar-refractivity contribution in [3.05, 3.63) is 22.5 Å². The molecule has 0 amide bonds. The van der Waals surface area contributed by atoms with Gasteiger partial charge in [-0.25, -0.2) is 4.79 Å². The van der Waals surface area contributed by atoms with Gasteiger partial charge < -0.3 is 14.6 Å². The number of carbonyl (C=O) groups excluding carboxylic acids is 2. The van der Waals surface area contributed by atoms with Crippen LogP contribution in [0.15, 0.2) is 0 Å². The minimum atomic E-state index is -0.385. The molecule has 24 heavy (non-hydrogen) atoms. The Hall–Kier alpha value is -1.62. The summed E-state index contributed by atoms with van der Waals surface area (Å²) in [5, 5.41) is 3.49. The van der Waals surface area contributed by atoms with Crippen molar-refractivity contribution < 1.29 is 14.3 Å². The zero-order valence-corrected chi connectivity index (χ0v) is 15.6. The van der Waals surface area contributed by atoms with Crippen LogP contribution in [0.5, 0.6) is 0 Å². The minimum Gasteiger partial charge on any atom is -0.464 e. The SMILES string of the molecule is CCn1c(C)c(C(=O)C(C)NC2CCCCC2)c(C)c1C(=O)OC. The fraction of sp³-hybridized carbons (Fsp3) is 0.684. The van der Waals surface area contributed by atoms with Gasteiger partial charge in [0, 0.05) is 23.8 Å². The minimum absolute atomic E-state index is 0.0629. The lowest BCUT2D eigenvalue weighted by Crippen LogP contribution is -2.42. The van der Waals surface area contributed by atoms with Gasteiger partial charge in [0.15, 0.2) is 5.78 Å². The van der Waals surface area contributed by atoms with Crippen molar-refractivity contribution in [3.8, 4) is 0 Å². The molecule has 0 bridgehead atoms. The molecule has 1 aliphatic carbocycles. The average molecular weight is 334 g/mol. The van der Waals surface area contributed by atoms with Gasteiger partial charge in [-0.3, -0.25) is 4.79 Å². The van der Waals surface area contributed by atoms with E-state index in [1.807, 2.05) is 32.3 Å². The first-order valence-electron chi connectivity index (χ1n) is 9.00. The Labute approximate surface area is 144 Å². The van der Waals surface area contributed by atoms with Crippen LogP contribution in [0.4, 0.5) is 0 Å². The van der Waals surface area contributed by atoms with Crippen molar-refractivity contribution in [1.82, 2.24) is 9.88 Å². The Morgan fingerprint density at radius 3 is 2.42 bits per heavy atom. The Bertz CT molecular complexity index is 613. The first-order valence-corrected chi connectivity index (χ1v) is 9.00. The van der Waals surface area contributed by atoms with Crippen LogP contribution in [0.25, 0.3) is 0 Å². The van der Waals surface area contributed by atoms with Crippen molar-refractivity contribution >= 4 is 11.8 Å². The molecule has 134 valence electrons. The second kappa shape index (κ2) is 7.97. The average Bonchev–Trinajstić information content (AvgIpc) is 2.84. The monoisotopic (exact) mass is 334 g/mol. The standard InChI is InChI=1S/C19H30N2O3/c1-6-21-14(4)16(12(2)17(21)19(23)24-5)18(22)13(3)20-15-10-8-7-9-11-15/h13,15,20H,6-11H2,1-5H3. The first kappa shape index (κ1) is 18.7. The molecule has 0 radical (unpaired) electrons. The molecule has 1 aliphatic rings. The highest BCUT2D eigenvalue weighted by molar-refractivity contribution is 6.05. The molecule has 1 aromatic heterocycles. The predicted octanol–water partition coefficient (Wildman–Crippen LogP) is 3.40. The number of rotatable bonds is 6. The number of nitrogens with zero attached hydrogens (tertiary/aromatic N) is 1. The van der Waals surface area contributed by atoms with Gasteiger partial charge in [-0.2, -0.15) is 0 Å². The number of Topliss-reactive ketones (excluding diaryl/α,β-unsaturated/α-hetero) is 1. The molecule has 1 heterocycles. The maximum Gasteiger partial charge on any atom is 0.354 e. The van der Waals surface area contributed by atoms with E-state index in [1.165, 1.54) is 26.4 Å². The largest absolute Gasteiger partial charge is 0.464 e. The lowest BCUT2D eigenvalue weighted by Gasteiger charge is -2.26. The lowest BCUT2D eigenvalue weighted by molar-refractivity contribution is 0.0587. The van der Waals surface area contributed by atoms with E-state index >= 15 is 0 Å². The van der Waals surface area contributed by atoms with E-state index in [0.29, 0.717) is 23.8 Å². The molecule has 0 aromatic carbocycles. The molecule has 0 saturated heterocycles. The number of ketones is 1. The fourth-order valence-corrected chi connectivity index (χ4v) is 3.93. The van der Waals surface area contributed by atoms with Crippen LogP contribution in [0.3, 0.4) is 0 Å². The molecule has 5 heteroatoms. The molecule has 1 saturated carbocycles. The molecular weight excluding hydrogens is 304 g/mol. The van der Waals surface area contributed by atoms with E-state index in [0.717, 1.165) is 24.1 Å². The number of methoxy groups -OCH3 is 1. The van der Waals surface area contributed by atoms with Crippen LogP contribution >= 0.6 is 0 Å². The number of hydrogen-bond donors (Lipinski definition) is 1. The Kier molecular flexibility index (Phi) is 6.21. The Morgan fingerprint density at radius 2 is 1.88 bits per heavy atom. The normalized spacial score (nSPS) is 16.9. The summed E-state index contributed by atoms with van der Waals surface area (Å²) < 4.78 is 6.78. The third-order valence-corrected chi connectivity index (χ3v) is 5.19. The van der Waals surface area contributed by atoms with Crippen LogP contribution in [0.2, 0.25) is 0 Å². The number of carbonyl (C=O) groups is 2. The van der Waals surface area contributed by atoms with Gasteiger partial charge in [-0.1, -0.05) is 19.3 Å². The maximum atomic E-state index is 13.0. The number of esters is 1. The van der Waals surface area contributed by atoms with Crippen molar-refractivity contribution in [1.29, 1.82) is 0 Å². The smallest absolute Gasteiger partial charge is 0.354 e. The van der Waals surface area contributed by atoms with E-state index in [1.54, 1.807) is 0 Å². The summed E-state index contributed by atoms with van der Waals surface area (Å²) in [6.07, 6.45) is 6.03. The van der Waals surface area contributed by atoms with E-state index in [2.05, 4.69) is 5.32 Å². The quantitative estimate of drug-likeness (QED) is 0.640. The van der Waals surface area contributed by atoms with Crippen LogP contribution < -0.4 is 5.32 Å². The van der Waals surface area contributed by atoms with Crippen molar-refractivity contribution in [2.75, 3.05) is 7.11 Å². The van der Waals surface area contributed by atoms with Gasteiger partial charge in [-0.15, -0.1) is 0 Å². The van der Waals surface area contributed by atoms with Crippen molar-refractivity contribution in [3.63, 3.8) is 0 Å². The third kappa shape index (κ3) is 3.56. The van der Waals surface area contributed by atoms with E-state index in [9.17, 15) is 9.59 Å². The van der Waals surface area contributed by atoms with E-state index in [-0.39, 0.29) is 17.8 Å². The fourth-order valence-electron chi connectivity index (χ4n) is 3.93. The summed E-state index contributed by atoms with van der Waals surface area (Å²) >= 11 is 0. The summed E-state index contributed by atoms with van der Waals surface area (Å²) in [5.74, 6) is -0.322. The Morgan fingerprint density at radius 1 is 1.25 bits per heavy atom. The summed E-state index contributed by atoms with van der Waals surface area (Å²) in [7, 11) is 1.37. The van der Waals surface area contributed by atoms with Crippen LogP contribution in [-0.2, 0) is 11.3 Å². The molecule has 0 spiro atoms. The number of hydrogen-bond acceptors (Lipinski definition) is 4. The summed E-state index contributed by atoms with van der Waals surface area (Å²) in [5.41, 5.74) is 2.72. The van der Waals surface area contributed by atoms with E-state index in [4.69, 9.17) is 4.74 Å². The molecular formula is C19H30N2O3. The topological polar surface area (TPSA) is 60.3 Å². The van der Waals surface area contributed by atoms with Gasteiger partial charge in [0.1, 0.15) is 5.69 Å². The van der Waals surface area contributed by atoms with Crippen LogP contribution in [0, 0.1) is 13.8 Å². The predicted molar refractivity (Wildman–Crippen MR) is 94.7 cm³/mol. The van der Waals surface area contributed by atoms with Gasteiger partial charge >= 0.3 is 5.97 Å². The molecule has 2 rings (SSSR count). The second-order valence-corrected chi connectivity index (χ2v) is 6.76. The van der Waals surface area contributed by atoms with Gasteiger partial charge in [0.05, 0.1) is 13.2 Å². The van der Waals surface area contributed by atoms with Crippen LogP contribution in [0.1, 0.15) is 78.1 Å². The van der Waals surface area contributed by atoms with Gasteiger partial charge in [0.25, 0.3) is 0 Å². The summed E-state index contributed by atoms with van der Waals surface area (Å²) in [6.45, 7) is 8.28. The second-order valence-electron chi connectivity index (χ2n) is 6.76. The zero-order chi connectivity index (χ0) is 17.9. The van der Waals surface area contributed by atoms with E-state index < -0.39 is 0 Å². The Balaban J connectivity index is 2.28. The molecule has 5 nitrogen and oxygen atoms in total. The van der Waals surface area contributed by atoms with Gasteiger partial charge in [-0.05, 0) is 46.1 Å². The van der Waals surface area contributed by atoms with Crippen molar-refractivity contribution in [2.24, 2.45) is 0 Å². The van der Waals surface area contributed by atoms with Crippen molar-refractivity contribution in [2.45, 2.75) is 78.4 Å². The summed E-state index contributed by atoms with van der Waals surface area (Å²) in [6, 6.07) is 0.176. The van der Waals surface area contributed by atoms with Crippen LogP contribution in [-0.4, -0.2) is 35.5 Å². The highest BCUT2D eigenvalue weighted by Gasteiger charge is 2.29. The third-order valence-electron chi connectivity index (χ3n) is 5.19. The molecule has 1 fully saturated rings. The zero-order valence-electron chi connectivity index (χ0n) is 15.6. The number of ether oxygens (including phenoxy) is 1. The lowest BCUT2D eigenvalue weighted by atomic mass is 9.93. The number of nitrogens with one attached hydrogen (secondary N) is 1. The molecule has 1 aromatic rings. The first-order chi connectivity index (χ1) is 11.4. The molecule has 1 unspecified atom stereocenters. The summed E-state index contributed by atoms with van der Waals surface area (Å²) in [4.78, 5) is 25.1. The van der Waals surface area contributed by atoms with Gasteiger partial charge in [0.2, 0.25) is 0 Å². The maximum absolute atomic E-state index is 13.0. The molecule has 1 atom stereocenters. The number of aromatic nitrogens is 1. The highest BCUT2D eigenvalue weighted by atomic mass is 16.5. The highest BCUT2D eigenvalue weighted by Crippen LogP contribution is 2.25. The molecule has 0 aliphatic heterocycles.